The summed E-state index contributed by atoms with van der Waals surface area (Å²) >= 11 is 0. The van der Waals surface area contributed by atoms with Gasteiger partial charge in [-0.2, -0.15) is 0 Å². The molecule has 0 amide bonds. The number of hydrogen-bond acceptors (Lipinski definition) is 5. The number of phenolic OH excluding ortho intramolecular Hbond substituents is 1. The fourth-order valence-corrected chi connectivity index (χ4v) is 5.79. The van der Waals surface area contributed by atoms with Gasteiger partial charge in [-0.15, -0.1) is 5.10 Å². The Morgan fingerprint density at radius 3 is 2.90 bits per heavy atom. The molecule has 6 heteroatoms. The lowest BCUT2D eigenvalue weighted by Crippen LogP contribution is -2.54. The van der Waals surface area contributed by atoms with E-state index in [1.807, 2.05) is 43.3 Å². The van der Waals surface area contributed by atoms with Gasteiger partial charge in [-0.1, -0.05) is 36.4 Å². The Morgan fingerprint density at radius 1 is 1.21 bits per heavy atom. The van der Waals surface area contributed by atoms with Crippen LogP contribution in [-0.4, -0.2) is 26.2 Å². The summed E-state index contributed by atoms with van der Waals surface area (Å²) in [5.74, 6) is 0.169. The van der Waals surface area contributed by atoms with Gasteiger partial charge in [-0.05, 0) is 84.5 Å². The first-order valence-corrected chi connectivity index (χ1v) is 10.3. The monoisotopic (exact) mass is 391 g/mol. The second-order valence-corrected chi connectivity index (χ2v) is 8.95. The van der Waals surface area contributed by atoms with Gasteiger partial charge in [0.05, 0.1) is 5.41 Å². The number of aromatic nitrogens is 3. The Morgan fingerprint density at radius 2 is 2.03 bits per heavy atom. The maximum Gasteiger partial charge on any atom is 0.341 e. The number of para-hydroxylation sites is 1. The van der Waals surface area contributed by atoms with Gasteiger partial charge < -0.3 is 9.94 Å². The topological polar surface area (TPSA) is 77.2 Å². The van der Waals surface area contributed by atoms with Crippen LogP contribution in [0, 0.1) is 11.3 Å². The van der Waals surface area contributed by atoms with E-state index in [2.05, 4.69) is 17.2 Å². The lowest BCUT2D eigenvalue weighted by Gasteiger charge is -2.53. The minimum atomic E-state index is -0.622. The number of benzene rings is 2. The largest absolute Gasteiger partial charge is 0.508 e. The van der Waals surface area contributed by atoms with Crippen LogP contribution in [0.15, 0.2) is 42.5 Å². The normalized spacial score (nSPS) is 28.6. The number of phenols is 1. The van der Waals surface area contributed by atoms with Crippen molar-refractivity contribution in [1.29, 1.82) is 0 Å². The highest BCUT2D eigenvalue weighted by Crippen LogP contribution is 2.57. The number of carbonyl (C=O) groups is 1. The fourth-order valence-electron chi connectivity index (χ4n) is 5.79. The second-order valence-electron chi connectivity index (χ2n) is 8.95. The summed E-state index contributed by atoms with van der Waals surface area (Å²) in [5.41, 5.74) is 3.05. The van der Waals surface area contributed by atoms with Crippen LogP contribution in [0.1, 0.15) is 50.7 Å². The molecule has 1 heterocycles. The van der Waals surface area contributed by atoms with Gasteiger partial charge >= 0.3 is 5.97 Å². The van der Waals surface area contributed by atoms with E-state index in [0.29, 0.717) is 11.0 Å². The van der Waals surface area contributed by atoms with Crippen molar-refractivity contribution in [2.75, 3.05) is 0 Å². The van der Waals surface area contributed by atoms with Gasteiger partial charge in [0, 0.05) is 0 Å². The quantitative estimate of drug-likeness (QED) is 0.673. The molecule has 1 saturated carbocycles. The number of carbonyl (C=O) groups excluding carboxylic acids is 1. The molecule has 3 unspecified atom stereocenters. The van der Waals surface area contributed by atoms with Gasteiger partial charge in [0.1, 0.15) is 16.8 Å². The van der Waals surface area contributed by atoms with Crippen molar-refractivity contribution in [3.63, 3.8) is 0 Å². The van der Waals surface area contributed by atoms with Crippen LogP contribution in [0.2, 0.25) is 0 Å². The molecule has 3 aromatic rings. The third kappa shape index (κ3) is 2.65. The summed E-state index contributed by atoms with van der Waals surface area (Å²) in [6.07, 6.45) is 4.56. The van der Waals surface area contributed by atoms with E-state index in [1.54, 1.807) is 6.07 Å². The molecule has 2 aliphatic rings. The van der Waals surface area contributed by atoms with Crippen molar-refractivity contribution in [3.8, 4) is 5.75 Å². The molecule has 2 aromatic carbocycles. The average molecular weight is 391 g/mol. The predicted molar refractivity (Wildman–Crippen MR) is 108 cm³/mol. The van der Waals surface area contributed by atoms with Gasteiger partial charge in [-0.3, -0.25) is 0 Å². The number of rotatable bonds is 2. The maximum absolute atomic E-state index is 13.4. The molecule has 6 nitrogen and oxygen atoms in total. The summed E-state index contributed by atoms with van der Waals surface area (Å²) in [5, 5.41) is 18.2. The Balaban J connectivity index is 1.51. The van der Waals surface area contributed by atoms with Crippen LogP contribution in [0.4, 0.5) is 0 Å². The molecule has 1 fully saturated rings. The minimum absolute atomic E-state index is 0.139. The Hall–Kier alpha value is -2.89. The van der Waals surface area contributed by atoms with E-state index >= 15 is 0 Å². The zero-order valence-electron chi connectivity index (χ0n) is 16.8. The van der Waals surface area contributed by atoms with Crippen LogP contribution in [0.25, 0.3) is 11.0 Å². The van der Waals surface area contributed by atoms with Crippen molar-refractivity contribution < 1.29 is 14.7 Å². The van der Waals surface area contributed by atoms with Crippen LogP contribution >= 0.6 is 0 Å². The second kappa shape index (κ2) is 6.31. The summed E-state index contributed by atoms with van der Waals surface area (Å²) in [6.45, 7) is 4.27. The molecule has 150 valence electrons. The standard InChI is InChI=1S/C23H25N3O3/c1-22-12-5-13-23(2,20(22)11-9-15-8-10-16(27)14-17(15)22)21(28)29-26-19-7-4-3-6-18(19)24-25-26/h3-4,6-8,10,14,20,27H,5,9,11-13H2,1-2H3. The van der Waals surface area contributed by atoms with Crippen LogP contribution in [-0.2, 0) is 16.6 Å². The Bertz CT molecular complexity index is 1110. The zero-order chi connectivity index (χ0) is 20.2. The third-order valence-corrected chi connectivity index (χ3v) is 7.30. The number of aromatic hydroxyl groups is 1. The molecule has 5 rings (SSSR count). The predicted octanol–water partition coefficient (Wildman–Crippen LogP) is 3.80. The number of hydrogen-bond donors (Lipinski definition) is 1. The highest BCUT2D eigenvalue weighted by molar-refractivity contribution is 5.79. The highest BCUT2D eigenvalue weighted by atomic mass is 16.7. The van der Waals surface area contributed by atoms with Crippen LogP contribution in [0.3, 0.4) is 0 Å². The fraction of sp³-hybridized carbons (Fsp3) is 0.435. The molecule has 2 aliphatic carbocycles. The van der Waals surface area contributed by atoms with Crippen molar-refractivity contribution in [2.45, 2.75) is 51.4 Å². The first-order chi connectivity index (χ1) is 13.9. The van der Waals surface area contributed by atoms with Crippen molar-refractivity contribution >= 4 is 17.0 Å². The maximum atomic E-state index is 13.4. The van der Waals surface area contributed by atoms with E-state index in [9.17, 15) is 9.90 Å². The summed E-state index contributed by atoms with van der Waals surface area (Å²) in [6, 6.07) is 13.1. The van der Waals surface area contributed by atoms with Crippen LogP contribution in [0.5, 0.6) is 5.75 Å². The van der Waals surface area contributed by atoms with Gasteiger partial charge in [0.25, 0.3) is 0 Å². The number of aryl methyl sites for hydroxylation is 1. The molecular formula is C23H25N3O3. The molecule has 0 spiro atoms. The molecule has 0 radical (unpaired) electrons. The molecule has 29 heavy (non-hydrogen) atoms. The first kappa shape index (κ1) is 18.2. The lowest BCUT2D eigenvalue weighted by molar-refractivity contribution is -0.166. The third-order valence-electron chi connectivity index (χ3n) is 7.30. The molecule has 1 N–H and O–H groups in total. The van der Waals surface area contributed by atoms with E-state index in [1.165, 1.54) is 16.0 Å². The van der Waals surface area contributed by atoms with E-state index in [4.69, 9.17) is 4.84 Å². The first-order valence-electron chi connectivity index (χ1n) is 10.3. The van der Waals surface area contributed by atoms with E-state index in [-0.39, 0.29) is 23.1 Å². The smallest absolute Gasteiger partial charge is 0.341 e. The molecular weight excluding hydrogens is 366 g/mol. The minimum Gasteiger partial charge on any atom is -0.508 e. The lowest BCUT2D eigenvalue weighted by atomic mass is 9.50. The van der Waals surface area contributed by atoms with Gasteiger partial charge in [0.2, 0.25) is 0 Å². The van der Waals surface area contributed by atoms with Gasteiger partial charge in [0.15, 0.2) is 0 Å². The van der Waals surface area contributed by atoms with Gasteiger partial charge in [-0.25, -0.2) is 4.79 Å². The van der Waals surface area contributed by atoms with Crippen molar-refractivity contribution in [1.82, 2.24) is 15.2 Å². The molecule has 3 atom stereocenters. The molecule has 0 saturated heterocycles. The summed E-state index contributed by atoms with van der Waals surface area (Å²) in [4.78, 5) is 20.5. The molecule has 0 bridgehead atoms. The van der Waals surface area contributed by atoms with E-state index < -0.39 is 5.41 Å². The summed E-state index contributed by atoms with van der Waals surface area (Å²) in [7, 11) is 0. The average Bonchev–Trinajstić information content (AvgIpc) is 3.11. The molecule has 1 aromatic heterocycles. The number of fused-ring (bicyclic) bond motifs is 4. The van der Waals surface area contributed by atoms with E-state index in [0.717, 1.165) is 32.1 Å². The van der Waals surface area contributed by atoms with Crippen molar-refractivity contribution in [2.24, 2.45) is 11.3 Å². The van der Waals surface area contributed by atoms with Crippen LogP contribution < -0.4 is 4.84 Å². The summed E-state index contributed by atoms with van der Waals surface area (Å²) < 4.78 is 0. The highest BCUT2D eigenvalue weighted by Gasteiger charge is 2.56. The SMILES string of the molecule is CC1(C(=O)On2nnc3ccccc32)CCCC2(C)c3cc(O)ccc3CCC12. The van der Waals surface area contributed by atoms with Crippen molar-refractivity contribution in [3.05, 3.63) is 53.6 Å². The number of nitrogens with zero attached hydrogens (tertiary/aromatic N) is 3. The Labute approximate surface area is 169 Å². The Kier molecular flexibility index (Phi) is 3.95. The zero-order valence-corrected chi connectivity index (χ0v) is 16.8. The molecule has 0 aliphatic heterocycles.